The summed E-state index contributed by atoms with van der Waals surface area (Å²) in [6.45, 7) is 4.36. The van der Waals surface area contributed by atoms with Gasteiger partial charge in [-0.15, -0.1) is 11.6 Å². The molecule has 4 heteroatoms. The number of likely N-dealkylation sites (N-methyl/N-ethyl adjacent to an activating group) is 1. The highest BCUT2D eigenvalue weighted by atomic mass is 35.5. The van der Waals surface area contributed by atoms with Crippen molar-refractivity contribution in [1.82, 2.24) is 9.88 Å². The lowest BCUT2D eigenvalue weighted by Crippen LogP contribution is -2.29. The van der Waals surface area contributed by atoms with Crippen molar-refractivity contribution in [2.75, 3.05) is 38.1 Å². The number of anilines is 1. The van der Waals surface area contributed by atoms with Crippen molar-refractivity contribution in [2.45, 2.75) is 12.3 Å². The van der Waals surface area contributed by atoms with Crippen LogP contribution in [0.15, 0.2) is 30.5 Å². The van der Waals surface area contributed by atoms with E-state index in [0.717, 1.165) is 37.6 Å². The van der Waals surface area contributed by atoms with Crippen molar-refractivity contribution in [3.63, 3.8) is 0 Å². The van der Waals surface area contributed by atoms with Crippen LogP contribution in [0.4, 0.5) is 5.82 Å². The van der Waals surface area contributed by atoms with Gasteiger partial charge >= 0.3 is 0 Å². The molecule has 20 heavy (non-hydrogen) atoms. The molecule has 1 fully saturated rings. The summed E-state index contributed by atoms with van der Waals surface area (Å²) in [6.07, 6.45) is 3.11. The first-order chi connectivity index (χ1) is 9.79. The zero-order valence-electron chi connectivity index (χ0n) is 11.8. The normalized spacial score (nSPS) is 17.4. The van der Waals surface area contributed by atoms with E-state index in [1.54, 1.807) is 0 Å². The van der Waals surface area contributed by atoms with E-state index in [2.05, 4.69) is 41.1 Å². The number of hydrogen-bond acceptors (Lipinski definition) is 3. The second kappa shape index (κ2) is 5.98. The minimum absolute atomic E-state index is 0.510. The van der Waals surface area contributed by atoms with Gasteiger partial charge in [0, 0.05) is 37.1 Å². The fourth-order valence-electron chi connectivity index (χ4n) is 2.85. The second-order valence-electron chi connectivity index (χ2n) is 5.43. The van der Waals surface area contributed by atoms with Crippen LogP contribution in [0.2, 0.25) is 0 Å². The quantitative estimate of drug-likeness (QED) is 0.792. The lowest BCUT2D eigenvalue weighted by molar-refractivity contribution is 0.360. The number of aromatic nitrogens is 1. The number of halogens is 1. The minimum atomic E-state index is 0.510. The third-order valence-corrected chi connectivity index (χ3v) is 4.31. The Morgan fingerprint density at radius 2 is 1.90 bits per heavy atom. The Morgan fingerprint density at radius 1 is 1.10 bits per heavy atom. The SMILES string of the molecule is CN1CCCN(c2ncc(CCl)c3ccccc23)CC1. The van der Waals surface area contributed by atoms with Gasteiger partial charge in [0.25, 0.3) is 0 Å². The summed E-state index contributed by atoms with van der Waals surface area (Å²) in [5.74, 6) is 1.61. The lowest BCUT2D eigenvalue weighted by Gasteiger charge is -2.23. The number of hydrogen-bond donors (Lipinski definition) is 0. The number of rotatable bonds is 2. The van der Waals surface area contributed by atoms with Crippen LogP contribution in [0.1, 0.15) is 12.0 Å². The van der Waals surface area contributed by atoms with E-state index in [-0.39, 0.29) is 0 Å². The average molecular weight is 290 g/mol. The Kier molecular flexibility index (Phi) is 4.08. The van der Waals surface area contributed by atoms with Crippen molar-refractivity contribution in [3.05, 3.63) is 36.0 Å². The molecule has 0 N–H and O–H groups in total. The molecule has 1 aromatic heterocycles. The fourth-order valence-corrected chi connectivity index (χ4v) is 3.07. The molecule has 0 saturated carbocycles. The maximum absolute atomic E-state index is 6.03. The Hall–Kier alpha value is -1.32. The van der Waals surface area contributed by atoms with Gasteiger partial charge in [-0.05, 0) is 31.0 Å². The lowest BCUT2D eigenvalue weighted by atomic mass is 10.1. The molecule has 106 valence electrons. The van der Waals surface area contributed by atoms with Crippen LogP contribution in [0.25, 0.3) is 10.8 Å². The first-order valence-corrected chi connectivity index (χ1v) is 7.69. The summed E-state index contributed by atoms with van der Waals surface area (Å²) >= 11 is 6.03. The van der Waals surface area contributed by atoms with Gasteiger partial charge in [-0.3, -0.25) is 0 Å². The molecule has 0 spiro atoms. The molecule has 0 amide bonds. The van der Waals surface area contributed by atoms with E-state index in [9.17, 15) is 0 Å². The number of alkyl halides is 1. The van der Waals surface area contributed by atoms with E-state index in [1.807, 2.05) is 6.20 Å². The molecular formula is C16H20ClN3. The molecule has 1 saturated heterocycles. The highest BCUT2D eigenvalue weighted by Gasteiger charge is 2.16. The van der Waals surface area contributed by atoms with Gasteiger partial charge in [-0.1, -0.05) is 24.3 Å². The third-order valence-electron chi connectivity index (χ3n) is 4.02. The zero-order valence-corrected chi connectivity index (χ0v) is 12.6. The van der Waals surface area contributed by atoms with E-state index >= 15 is 0 Å². The van der Waals surface area contributed by atoms with Crippen molar-refractivity contribution in [2.24, 2.45) is 0 Å². The monoisotopic (exact) mass is 289 g/mol. The summed E-state index contributed by atoms with van der Waals surface area (Å²) in [4.78, 5) is 9.48. The molecule has 1 aromatic carbocycles. The minimum Gasteiger partial charge on any atom is -0.355 e. The van der Waals surface area contributed by atoms with Crippen LogP contribution < -0.4 is 4.90 Å². The molecule has 0 aliphatic carbocycles. The van der Waals surface area contributed by atoms with Crippen molar-refractivity contribution in [3.8, 4) is 0 Å². The predicted octanol–water partition coefficient (Wildman–Crippen LogP) is 3.12. The van der Waals surface area contributed by atoms with Crippen molar-refractivity contribution >= 4 is 28.2 Å². The molecule has 1 aliphatic rings. The van der Waals surface area contributed by atoms with E-state index in [0.29, 0.717) is 5.88 Å². The molecule has 0 radical (unpaired) electrons. The highest BCUT2D eigenvalue weighted by molar-refractivity contribution is 6.18. The first kappa shape index (κ1) is 13.7. The number of nitrogens with zero attached hydrogens (tertiary/aromatic N) is 3. The first-order valence-electron chi connectivity index (χ1n) is 7.15. The van der Waals surface area contributed by atoms with Gasteiger partial charge in [-0.25, -0.2) is 4.98 Å². The van der Waals surface area contributed by atoms with Gasteiger partial charge in [0.2, 0.25) is 0 Å². The maximum Gasteiger partial charge on any atom is 0.136 e. The molecule has 0 bridgehead atoms. The van der Waals surface area contributed by atoms with E-state index in [1.165, 1.54) is 17.2 Å². The van der Waals surface area contributed by atoms with Crippen LogP contribution in [0.5, 0.6) is 0 Å². The average Bonchev–Trinajstić information content (AvgIpc) is 2.71. The van der Waals surface area contributed by atoms with E-state index < -0.39 is 0 Å². The summed E-state index contributed by atoms with van der Waals surface area (Å²) in [5.41, 5.74) is 1.11. The third kappa shape index (κ3) is 2.60. The van der Waals surface area contributed by atoms with Crippen molar-refractivity contribution in [1.29, 1.82) is 0 Å². The topological polar surface area (TPSA) is 19.4 Å². The standard InChI is InChI=1S/C16H20ClN3/c1-19-7-4-8-20(10-9-19)16-15-6-3-2-5-14(15)13(11-17)12-18-16/h2-3,5-6,12H,4,7-11H2,1H3. The van der Waals surface area contributed by atoms with Crippen LogP contribution in [0.3, 0.4) is 0 Å². The van der Waals surface area contributed by atoms with Gasteiger partial charge in [0.15, 0.2) is 0 Å². The van der Waals surface area contributed by atoms with Crippen LogP contribution in [-0.2, 0) is 5.88 Å². The molecule has 0 atom stereocenters. The Labute approximate surface area is 125 Å². The van der Waals surface area contributed by atoms with Crippen LogP contribution in [-0.4, -0.2) is 43.1 Å². The summed E-state index contributed by atoms with van der Waals surface area (Å²) in [6, 6.07) is 8.44. The van der Waals surface area contributed by atoms with Crippen LogP contribution in [0, 0.1) is 0 Å². The number of benzene rings is 1. The molecule has 1 aliphatic heterocycles. The second-order valence-corrected chi connectivity index (χ2v) is 5.70. The Bertz CT molecular complexity index is 599. The van der Waals surface area contributed by atoms with Crippen LogP contribution >= 0.6 is 11.6 Å². The smallest absolute Gasteiger partial charge is 0.136 e. The van der Waals surface area contributed by atoms with Gasteiger partial charge in [0.1, 0.15) is 5.82 Å². The Balaban J connectivity index is 2.03. The summed E-state index contributed by atoms with van der Waals surface area (Å²) in [5, 5.41) is 2.44. The van der Waals surface area contributed by atoms with E-state index in [4.69, 9.17) is 16.6 Å². The molecular weight excluding hydrogens is 270 g/mol. The maximum atomic E-state index is 6.03. The van der Waals surface area contributed by atoms with Gasteiger partial charge in [0.05, 0.1) is 0 Å². The molecule has 3 rings (SSSR count). The number of fused-ring (bicyclic) bond motifs is 1. The highest BCUT2D eigenvalue weighted by Crippen LogP contribution is 2.28. The molecule has 0 unspecified atom stereocenters. The van der Waals surface area contributed by atoms with Gasteiger partial charge in [-0.2, -0.15) is 0 Å². The summed E-state index contributed by atoms with van der Waals surface area (Å²) < 4.78 is 0. The van der Waals surface area contributed by atoms with Gasteiger partial charge < -0.3 is 9.80 Å². The fraction of sp³-hybridized carbons (Fsp3) is 0.438. The molecule has 2 heterocycles. The predicted molar refractivity (Wildman–Crippen MR) is 85.6 cm³/mol. The Morgan fingerprint density at radius 3 is 2.70 bits per heavy atom. The molecule has 2 aromatic rings. The largest absolute Gasteiger partial charge is 0.355 e. The number of pyridine rings is 1. The van der Waals surface area contributed by atoms with Crippen molar-refractivity contribution < 1.29 is 0 Å². The molecule has 3 nitrogen and oxygen atoms in total. The zero-order chi connectivity index (χ0) is 13.9. The summed E-state index contributed by atoms with van der Waals surface area (Å²) in [7, 11) is 2.19.